The second-order valence-electron chi connectivity index (χ2n) is 7.11. The highest BCUT2D eigenvalue weighted by Gasteiger charge is 2.26. The fourth-order valence-corrected chi connectivity index (χ4v) is 3.85. The van der Waals surface area contributed by atoms with Crippen molar-refractivity contribution in [2.24, 2.45) is 4.99 Å². The van der Waals surface area contributed by atoms with Gasteiger partial charge in [0.25, 0.3) is 0 Å². The molecule has 1 aliphatic heterocycles. The fraction of sp³-hybridized carbons (Fsp3) is 0.261. The molecule has 7 heteroatoms. The zero-order valence-electron chi connectivity index (χ0n) is 16.6. The molecule has 5 nitrogen and oxygen atoms in total. The van der Waals surface area contributed by atoms with Crippen molar-refractivity contribution in [3.05, 3.63) is 88.7 Å². The normalized spacial score (nSPS) is 12.7. The van der Waals surface area contributed by atoms with Crippen LogP contribution in [0.4, 0.5) is 4.39 Å². The third kappa shape index (κ3) is 4.06. The number of hydrogen-bond donors (Lipinski definition) is 1. The first-order chi connectivity index (χ1) is 14.7. The molecule has 0 saturated carbocycles. The molecule has 4 rings (SSSR count). The van der Waals surface area contributed by atoms with Crippen LogP contribution in [0.2, 0.25) is 5.02 Å². The maximum atomic E-state index is 15.1. The summed E-state index contributed by atoms with van der Waals surface area (Å²) < 4.78 is 17.0. The summed E-state index contributed by atoms with van der Waals surface area (Å²) in [7, 11) is 0. The van der Waals surface area contributed by atoms with Gasteiger partial charge < -0.3 is 5.32 Å². The number of benzene rings is 2. The van der Waals surface area contributed by atoms with Gasteiger partial charge in [-0.3, -0.25) is 9.56 Å². The second kappa shape index (κ2) is 9.32. The topological polar surface area (TPSA) is 55.1 Å². The van der Waals surface area contributed by atoms with Crippen molar-refractivity contribution >= 4 is 17.3 Å². The second-order valence-corrected chi connectivity index (χ2v) is 7.51. The van der Waals surface area contributed by atoms with E-state index in [0.29, 0.717) is 46.5 Å². The van der Waals surface area contributed by atoms with E-state index in [1.807, 2.05) is 34.9 Å². The monoisotopic (exact) mass is 423 g/mol. The van der Waals surface area contributed by atoms with Crippen molar-refractivity contribution in [3.8, 4) is 5.69 Å². The standard InChI is InChI=1S/C23H23ClFN5/c1-2-3-4-7-13-26-14-20-28-29-21-15-27-23(16-9-5-6-10-17(16)24)22-18(25)11-8-12-19(22)30(20)21/h2,5-6,8-12,26H,1,3-4,7,13-15H2. The van der Waals surface area contributed by atoms with E-state index in [0.717, 1.165) is 31.6 Å². The number of aromatic nitrogens is 3. The number of halogens is 2. The van der Waals surface area contributed by atoms with Crippen LogP contribution in [0.3, 0.4) is 0 Å². The number of nitrogens with zero attached hydrogens (tertiary/aromatic N) is 4. The number of unbranched alkanes of at least 4 members (excludes halogenated alkanes) is 2. The van der Waals surface area contributed by atoms with Crippen molar-refractivity contribution in [1.29, 1.82) is 0 Å². The molecule has 1 aliphatic rings. The van der Waals surface area contributed by atoms with Gasteiger partial charge in [0, 0.05) is 10.6 Å². The summed E-state index contributed by atoms with van der Waals surface area (Å²) in [6.07, 6.45) is 5.09. The Morgan fingerprint density at radius 3 is 2.83 bits per heavy atom. The van der Waals surface area contributed by atoms with Crippen LogP contribution in [0.25, 0.3) is 5.69 Å². The molecule has 0 atom stereocenters. The first-order valence-corrected chi connectivity index (χ1v) is 10.4. The molecular formula is C23H23ClFN5. The summed E-state index contributed by atoms with van der Waals surface area (Å²) in [5.41, 5.74) is 2.32. The van der Waals surface area contributed by atoms with E-state index in [9.17, 15) is 0 Å². The molecular weight excluding hydrogens is 401 g/mol. The van der Waals surface area contributed by atoms with E-state index < -0.39 is 0 Å². The molecule has 2 heterocycles. The Kier molecular flexibility index (Phi) is 6.35. The lowest BCUT2D eigenvalue weighted by Gasteiger charge is -2.15. The maximum absolute atomic E-state index is 15.1. The molecule has 1 aromatic heterocycles. The van der Waals surface area contributed by atoms with Crippen LogP contribution >= 0.6 is 11.6 Å². The van der Waals surface area contributed by atoms with E-state index in [-0.39, 0.29) is 5.82 Å². The van der Waals surface area contributed by atoms with Gasteiger partial charge >= 0.3 is 0 Å². The lowest BCUT2D eigenvalue weighted by atomic mass is 9.99. The third-order valence-electron chi connectivity index (χ3n) is 5.07. The average molecular weight is 424 g/mol. The molecule has 1 N–H and O–H groups in total. The van der Waals surface area contributed by atoms with Gasteiger partial charge in [0.05, 0.1) is 23.5 Å². The van der Waals surface area contributed by atoms with Crippen LogP contribution in [0, 0.1) is 5.82 Å². The van der Waals surface area contributed by atoms with Crippen LogP contribution in [0.5, 0.6) is 0 Å². The number of fused-ring (bicyclic) bond motifs is 3. The van der Waals surface area contributed by atoms with Gasteiger partial charge in [0.1, 0.15) is 12.4 Å². The van der Waals surface area contributed by atoms with Crippen molar-refractivity contribution < 1.29 is 4.39 Å². The quantitative estimate of drug-likeness (QED) is 0.416. The Morgan fingerprint density at radius 1 is 1.13 bits per heavy atom. The molecule has 30 heavy (non-hydrogen) atoms. The van der Waals surface area contributed by atoms with Crippen molar-refractivity contribution in [2.45, 2.75) is 32.4 Å². The summed E-state index contributed by atoms with van der Waals surface area (Å²) >= 11 is 6.41. The molecule has 0 amide bonds. The lowest BCUT2D eigenvalue weighted by molar-refractivity contribution is 0.602. The Labute approximate surface area is 180 Å². The Bertz CT molecular complexity index is 1090. The maximum Gasteiger partial charge on any atom is 0.159 e. The molecule has 0 radical (unpaired) electrons. The van der Waals surface area contributed by atoms with Gasteiger partial charge in [-0.05, 0) is 44.0 Å². The van der Waals surface area contributed by atoms with Crippen LogP contribution in [-0.4, -0.2) is 27.0 Å². The molecule has 0 spiro atoms. The van der Waals surface area contributed by atoms with Crippen molar-refractivity contribution in [3.63, 3.8) is 0 Å². The zero-order valence-corrected chi connectivity index (χ0v) is 17.4. The van der Waals surface area contributed by atoms with E-state index in [4.69, 9.17) is 11.6 Å². The van der Waals surface area contributed by atoms with Crippen LogP contribution in [0.1, 0.15) is 42.0 Å². The predicted octanol–water partition coefficient (Wildman–Crippen LogP) is 4.86. The smallest absolute Gasteiger partial charge is 0.159 e. The summed E-state index contributed by atoms with van der Waals surface area (Å²) in [5.74, 6) is 1.06. The van der Waals surface area contributed by atoms with Crippen LogP contribution < -0.4 is 5.32 Å². The summed E-state index contributed by atoms with van der Waals surface area (Å²) in [4.78, 5) is 4.68. The number of aliphatic imine (C=N–C) groups is 1. The van der Waals surface area contributed by atoms with E-state index in [2.05, 4.69) is 27.1 Å². The molecule has 0 unspecified atom stereocenters. The van der Waals surface area contributed by atoms with E-state index in [1.165, 1.54) is 6.07 Å². The van der Waals surface area contributed by atoms with Gasteiger partial charge in [-0.1, -0.05) is 41.9 Å². The largest absolute Gasteiger partial charge is 0.310 e. The molecule has 0 bridgehead atoms. The van der Waals surface area contributed by atoms with Crippen LogP contribution in [-0.2, 0) is 13.1 Å². The number of allylic oxidation sites excluding steroid dienone is 1. The Morgan fingerprint density at radius 2 is 2.00 bits per heavy atom. The average Bonchev–Trinajstić information content (AvgIpc) is 3.07. The minimum absolute atomic E-state index is 0.293. The highest BCUT2D eigenvalue weighted by molar-refractivity contribution is 6.35. The molecule has 0 fully saturated rings. The zero-order chi connectivity index (χ0) is 20.9. The number of nitrogens with one attached hydrogen (secondary N) is 1. The highest BCUT2D eigenvalue weighted by Crippen LogP contribution is 2.30. The highest BCUT2D eigenvalue weighted by atomic mass is 35.5. The number of rotatable bonds is 8. The summed E-state index contributed by atoms with van der Waals surface area (Å²) in [5, 5.41) is 12.6. The van der Waals surface area contributed by atoms with Gasteiger partial charge in [0.15, 0.2) is 11.6 Å². The van der Waals surface area contributed by atoms with E-state index in [1.54, 1.807) is 12.1 Å². The predicted molar refractivity (Wildman–Crippen MR) is 118 cm³/mol. The van der Waals surface area contributed by atoms with E-state index >= 15 is 4.39 Å². The third-order valence-corrected chi connectivity index (χ3v) is 5.40. The first-order valence-electron chi connectivity index (χ1n) is 10.0. The fourth-order valence-electron chi connectivity index (χ4n) is 3.62. The summed E-state index contributed by atoms with van der Waals surface area (Å²) in [6, 6.07) is 12.4. The van der Waals surface area contributed by atoms with Crippen LogP contribution in [0.15, 0.2) is 60.1 Å². The molecule has 3 aromatic rings. The summed E-state index contributed by atoms with van der Waals surface area (Å²) in [6.45, 7) is 5.45. The van der Waals surface area contributed by atoms with Gasteiger partial charge in [-0.25, -0.2) is 4.39 Å². The first kappa shape index (κ1) is 20.4. The van der Waals surface area contributed by atoms with Gasteiger partial charge in [-0.15, -0.1) is 16.8 Å². The number of hydrogen-bond acceptors (Lipinski definition) is 4. The molecule has 0 aliphatic carbocycles. The van der Waals surface area contributed by atoms with Crippen molar-refractivity contribution in [2.75, 3.05) is 6.54 Å². The lowest BCUT2D eigenvalue weighted by Crippen LogP contribution is -2.19. The molecule has 154 valence electrons. The molecule has 0 saturated heterocycles. The van der Waals surface area contributed by atoms with Gasteiger partial charge in [-0.2, -0.15) is 0 Å². The Balaban J connectivity index is 1.69. The molecule has 2 aromatic carbocycles. The van der Waals surface area contributed by atoms with Gasteiger partial charge in [0.2, 0.25) is 0 Å². The SMILES string of the molecule is C=CCCCCNCc1nnc2n1-c1cccc(F)c1C(c1ccccc1Cl)=NC2. The minimum atomic E-state index is -0.351. The minimum Gasteiger partial charge on any atom is -0.310 e. The van der Waals surface area contributed by atoms with Crippen molar-refractivity contribution in [1.82, 2.24) is 20.1 Å². The Hall–Kier alpha value is -2.83.